The smallest absolute Gasteiger partial charge is 0.387 e. The lowest BCUT2D eigenvalue weighted by atomic mass is 10.0. The molecule has 5 nitrogen and oxygen atoms in total. The number of ether oxygens (including phenoxy) is 2. The Morgan fingerprint density at radius 1 is 1.06 bits per heavy atom. The first-order valence-corrected chi connectivity index (χ1v) is 11.4. The highest BCUT2D eigenvalue weighted by Gasteiger charge is 2.21. The van der Waals surface area contributed by atoms with E-state index in [0.717, 1.165) is 51.0 Å². The van der Waals surface area contributed by atoms with Crippen molar-refractivity contribution in [3.8, 4) is 22.8 Å². The molecule has 1 aliphatic rings. The minimum absolute atomic E-state index is 0.113. The van der Waals surface area contributed by atoms with Crippen LogP contribution in [-0.2, 0) is 0 Å². The summed E-state index contributed by atoms with van der Waals surface area (Å²) in [5, 5.41) is 8.90. The zero-order valence-electron chi connectivity index (χ0n) is 17.8. The third-order valence-corrected chi connectivity index (χ3v) is 6.18. The lowest BCUT2D eigenvalue weighted by Crippen LogP contribution is -2.13. The van der Waals surface area contributed by atoms with E-state index in [4.69, 9.17) is 14.8 Å². The van der Waals surface area contributed by atoms with Crippen LogP contribution in [0.2, 0.25) is 0 Å². The third-order valence-electron chi connectivity index (χ3n) is 5.35. The van der Waals surface area contributed by atoms with Crippen molar-refractivity contribution in [1.82, 2.24) is 4.68 Å². The van der Waals surface area contributed by atoms with Crippen LogP contribution in [0.1, 0.15) is 18.4 Å². The van der Waals surface area contributed by atoms with Crippen LogP contribution in [0.15, 0.2) is 76.1 Å². The number of nitrogens with zero attached hydrogens (tertiary/aromatic N) is 3. The molecule has 0 amide bonds. The van der Waals surface area contributed by atoms with E-state index in [2.05, 4.69) is 4.74 Å². The summed E-state index contributed by atoms with van der Waals surface area (Å²) in [5.41, 5.74) is 2.52. The maximum atomic E-state index is 12.5. The van der Waals surface area contributed by atoms with Crippen LogP contribution in [0, 0.1) is 0 Å². The molecule has 1 aromatic heterocycles. The Labute approximate surface area is 193 Å². The molecule has 3 aromatic carbocycles. The van der Waals surface area contributed by atoms with E-state index in [1.807, 2.05) is 41.8 Å². The summed E-state index contributed by atoms with van der Waals surface area (Å²) >= 11 is 1.50. The van der Waals surface area contributed by atoms with Crippen molar-refractivity contribution in [1.29, 1.82) is 0 Å². The summed E-state index contributed by atoms with van der Waals surface area (Å²) in [7, 11) is 1.64. The zero-order chi connectivity index (χ0) is 22.8. The molecule has 1 saturated carbocycles. The topological polar surface area (TPSA) is 48.1 Å². The molecule has 0 N–H and O–H groups in total. The average molecular weight is 466 g/mol. The zero-order valence-corrected chi connectivity index (χ0v) is 18.6. The molecule has 168 valence electrons. The van der Waals surface area contributed by atoms with Crippen LogP contribution in [-0.4, -0.2) is 30.7 Å². The number of rotatable bonds is 7. The molecular formula is C25H21F2N3O2S. The van der Waals surface area contributed by atoms with Crippen LogP contribution < -0.4 is 14.3 Å². The van der Waals surface area contributed by atoms with Gasteiger partial charge in [-0.15, -0.1) is 11.3 Å². The molecule has 0 bridgehead atoms. The quantitative estimate of drug-likeness (QED) is 0.318. The molecule has 5 rings (SSSR count). The summed E-state index contributed by atoms with van der Waals surface area (Å²) in [5.74, 6) is 0.839. The molecule has 0 radical (unpaired) electrons. The highest BCUT2D eigenvalue weighted by atomic mass is 32.1. The van der Waals surface area contributed by atoms with Crippen LogP contribution in [0.3, 0.4) is 0 Å². The van der Waals surface area contributed by atoms with Gasteiger partial charge in [0.15, 0.2) is 0 Å². The van der Waals surface area contributed by atoms with Gasteiger partial charge >= 0.3 is 6.61 Å². The van der Waals surface area contributed by atoms with Gasteiger partial charge in [-0.2, -0.15) is 13.9 Å². The van der Waals surface area contributed by atoms with Crippen molar-refractivity contribution in [3.63, 3.8) is 0 Å². The third kappa shape index (κ3) is 4.66. The second kappa shape index (κ2) is 9.15. The molecule has 0 unspecified atom stereocenters. The van der Waals surface area contributed by atoms with Gasteiger partial charge < -0.3 is 9.47 Å². The summed E-state index contributed by atoms with van der Waals surface area (Å²) in [6.45, 7) is -2.86. The average Bonchev–Trinajstić information content (AvgIpc) is 3.56. The summed E-state index contributed by atoms with van der Waals surface area (Å²) in [4.78, 5) is 5.59. The fourth-order valence-electron chi connectivity index (χ4n) is 3.57. The normalized spacial score (nSPS) is 14.5. The van der Waals surface area contributed by atoms with E-state index in [1.54, 1.807) is 30.1 Å². The number of halogens is 2. The van der Waals surface area contributed by atoms with Crippen LogP contribution in [0.25, 0.3) is 22.0 Å². The number of alkyl halides is 2. The van der Waals surface area contributed by atoms with E-state index >= 15 is 0 Å². The molecular weight excluding hydrogens is 444 g/mol. The first-order valence-electron chi connectivity index (χ1n) is 10.5. The number of fused-ring (bicyclic) bond motifs is 1. The van der Waals surface area contributed by atoms with Crippen molar-refractivity contribution < 1.29 is 18.3 Å². The maximum absolute atomic E-state index is 12.5. The standard InChI is InChI=1S/C25H21F2N3O2S/c1-31-23-13-8-16-4-2-3-5-20(16)21(23)14-28-30-22(15-33-25(30)29-18-9-10-18)17-6-11-19(12-7-17)32-24(26)27/h2-8,11-15,18,24H,9-10H2,1H3. The van der Waals surface area contributed by atoms with Crippen molar-refractivity contribution in [2.45, 2.75) is 25.5 Å². The number of thiazole rings is 1. The second-order valence-electron chi connectivity index (χ2n) is 7.63. The molecule has 4 aromatic rings. The van der Waals surface area contributed by atoms with Gasteiger partial charge in [-0.1, -0.05) is 30.3 Å². The van der Waals surface area contributed by atoms with Crippen molar-refractivity contribution >= 4 is 28.3 Å². The molecule has 8 heteroatoms. The highest BCUT2D eigenvalue weighted by Crippen LogP contribution is 2.28. The highest BCUT2D eigenvalue weighted by molar-refractivity contribution is 7.07. The predicted molar refractivity (Wildman–Crippen MR) is 126 cm³/mol. The number of hydrogen-bond donors (Lipinski definition) is 0. The Morgan fingerprint density at radius 3 is 2.58 bits per heavy atom. The first-order chi connectivity index (χ1) is 16.1. The largest absolute Gasteiger partial charge is 0.496 e. The van der Waals surface area contributed by atoms with Gasteiger partial charge in [-0.3, -0.25) is 4.99 Å². The summed E-state index contributed by atoms with van der Waals surface area (Å²) in [6.07, 6.45) is 3.94. The van der Waals surface area contributed by atoms with Gasteiger partial charge in [-0.25, -0.2) is 4.68 Å². The van der Waals surface area contributed by atoms with Gasteiger partial charge in [0.2, 0.25) is 4.80 Å². The number of aromatic nitrogens is 1. The molecule has 0 saturated heterocycles. The summed E-state index contributed by atoms with van der Waals surface area (Å²) < 4.78 is 36.9. The lowest BCUT2D eigenvalue weighted by molar-refractivity contribution is -0.0498. The lowest BCUT2D eigenvalue weighted by Gasteiger charge is -2.09. The molecule has 0 atom stereocenters. The Morgan fingerprint density at radius 2 is 1.85 bits per heavy atom. The second-order valence-corrected chi connectivity index (χ2v) is 8.46. The maximum Gasteiger partial charge on any atom is 0.387 e. The minimum Gasteiger partial charge on any atom is -0.496 e. The molecule has 1 fully saturated rings. The van der Waals surface area contributed by atoms with E-state index in [1.165, 1.54) is 23.5 Å². The molecule has 1 aliphatic carbocycles. The van der Waals surface area contributed by atoms with Gasteiger partial charge in [0, 0.05) is 16.5 Å². The molecule has 33 heavy (non-hydrogen) atoms. The van der Waals surface area contributed by atoms with Crippen LogP contribution in [0.4, 0.5) is 8.78 Å². The Balaban J connectivity index is 1.59. The monoisotopic (exact) mass is 465 g/mol. The fraction of sp³-hybridized carbons (Fsp3) is 0.200. The van der Waals surface area contributed by atoms with Gasteiger partial charge in [0.1, 0.15) is 11.5 Å². The van der Waals surface area contributed by atoms with Gasteiger partial charge in [0.25, 0.3) is 0 Å². The van der Waals surface area contributed by atoms with Crippen LogP contribution >= 0.6 is 11.3 Å². The predicted octanol–water partition coefficient (Wildman–Crippen LogP) is 5.93. The number of methoxy groups -OCH3 is 1. The number of benzene rings is 3. The Kier molecular flexibility index (Phi) is 5.92. The Bertz CT molecular complexity index is 1370. The summed E-state index contributed by atoms with van der Waals surface area (Å²) in [6, 6.07) is 18.9. The molecule has 0 spiro atoms. The molecule has 1 heterocycles. The SMILES string of the molecule is COc1ccc2ccccc2c1C=Nn1c(-c2ccc(OC(F)F)cc2)csc1=NC1CC1. The minimum atomic E-state index is -2.86. The van der Waals surface area contributed by atoms with Crippen molar-refractivity contribution in [2.75, 3.05) is 7.11 Å². The van der Waals surface area contributed by atoms with E-state index in [0.29, 0.717) is 6.04 Å². The van der Waals surface area contributed by atoms with E-state index in [-0.39, 0.29) is 5.75 Å². The van der Waals surface area contributed by atoms with Crippen molar-refractivity contribution in [3.05, 3.63) is 76.4 Å². The van der Waals surface area contributed by atoms with Gasteiger partial charge in [0.05, 0.1) is 25.1 Å². The first kappa shape index (κ1) is 21.3. The number of hydrogen-bond acceptors (Lipinski definition) is 5. The van der Waals surface area contributed by atoms with E-state index < -0.39 is 6.61 Å². The van der Waals surface area contributed by atoms with Crippen molar-refractivity contribution in [2.24, 2.45) is 10.1 Å². The van der Waals surface area contributed by atoms with Crippen LogP contribution in [0.5, 0.6) is 11.5 Å². The Hall–Kier alpha value is -3.52. The van der Waals surface area contributed by atoms with Gasteiger partial charge in [-0.05, 0) is 53.9 Å². The fourth-order valence-corrected chi connectivity index (χ4v) is 4.48. The van der Waals surface area contributed by atoms with E-state index in [9.17, 15) is 8.78 Å². The molecule has 0 aliphatic heterocycles.